The predicted octanol–water partition coefficient (Wildman–Crippen LogP) is 3.78. The number of hydrogen-bond acceptors (Lipinski definition) is 7. The maximum atomic E-state index is 11.4. The Bertz CT molecular complexity index is 733. The summed E-state index contributed by atoms with van der Waals surface area (Å²) in [6.45, 7) is 3.41. The Hall–Kier alpha value is -2.98. The summed E-state index contributed by atoms with van der Waals surface area (Å²) in [5.74, 6) is 0.311. The largest absolute Gasteiger partial charge is 0.501 e. The standard InChI is InChI=1S/C25H36N2O5/c1-5-25(21-26,23(11-8-17-29)10-6-7-16-28)13-9-14-27(2)15-12-22(19-30)18-24(32-4)20-31-3/h6-8,11,16-20,23H,5,9-10,12-15H2,1-4H3/b7-6+,11-8+,22-18-,24-20-. The van der Waals surface area contributed by atoms with Crippen molar-refractivity contribution in [1.82, 2.24) is 4.90 Å². The Balaban J connectivity index is 5.04. The van der Waals surface area contributed by atoms with Gasteiger partial charge in [-0.3, -0.25) is 14.4 Å². The van der Waals surface area contributed by atoms with E-state index in [0.29, 0.717) is 56.1 Å². The van der Waals surface area contributed by atoms with Gasteiger partial charge in [-0.1, -0.05) is 19.1 Å². The van der Waals surface area contributed by atoms with Gasteiger partial charge in [0.25, 0.3) is 0 Å². The van der Waals surface area contributed by atoms with Crippen molar-refractivity contribution in [3.8, 4) is 6.07 Å². The fourth-order valence-corrected chi connectivity index (χ4v) is 3.49. The Morgan fingerprint density at radius 1 is 1.16 bits per heavy atom. The molecule has 0 rings (SSSR count). The summed E-state index contributed by atoms with van der Waals surface area (Å²) in [7, 11) is 5.00. The highest BCUT2D eigenvalue weighted by Gasteiger charge is 2.35. The van der Waals surface area contributed by atoms with Gasteiger partial charge in [-0.25, -0.2) is 0 Å². The molecule has 176 valence electrons. The van der Waals surface area contributed by atoms with Crippen molar-refractivity contribution in [3.05, 3.63) is 48.0 Å². The first-order chi connectivity index (χ1) is 15.5. The molecule has 0 aromatic carbocycles. The zero-order chi connectivity index (χ0) is 24.2. The average molecular weight is 445 g/mol. The van der Waals surface area contributed by atoms with Crippen LogP contribution < -0.4 is 0 Å². The monoisotopic (exact) mass is 444 g/mol. The fraction of sp³-hybridized carbons (Fsp3) is 0.520. The third-order valence-corrected chi connectivity index (χ3v) is 5.48. The second kappa shape index (κ2) is 17.7. The third-order valence-electron chi connectivity index (χ3n) is 5.48. The van der Waals surface area contributed by atoms with Crippen molar-refractivity contribution >= 4 is 18.9 Å². The summed E-state index contributed by atoms with van der Waals surface area (Å²) in [4.78, 5) is 34.9. The van der Waals surface area contributed by atoms with E-state index >= 15 is 0 Å². The normalized spacial score (nSPS) is 15.4. The third kappa shape index (κ3) is 10.9. The Labute approximate surface area is 192 Å². The number of rotatable bonds is 18. The quantitative estimate of drug-likeness (QED) is 0.137. The van der Waals surface area contributed by atoms with Crippen molar-refractivity contribution in [2.45, 2.75) is 39.0 Å². The van der Waals surface area contributed by atoms with Crippen LogP contribution in [0.4, 0.5) is 0 Å². The minimum Gasteiger partial charge on any atom is -0.501 e. The predicted molar refractivity (Wildman–Crippen MR) is 124 cm³/mol. The van der Waals surface area contributed by atoms with E-state index in [1.54, 1.807) is 18.2 Å². The molecule has 7 nitrogen and oxygen atoms in total. The van der Waals surface area contributed by atoms with Crippen molar-refractivity contribution in [2.24, 2.45) is 11.3 Å². The molecule has 0 N–H and O–H groups in total. The highest BCUT2D eigenvalue weighted by atomic mass is 16.5. The van der Waals surface area contributed by atoms with Crippen molar-refractivity contribution in [2.75, 3.05) is 34.4 Å². The molecule has 0 spiro atoms. The van der Waals surface area contributed by atoms with Crippen LogP contribution in [0.25, 0.3) is 0 Å². The van der Waals surface area contributed by atoms with Crippen LogP contribution in [0.5, 0.6) is 0 Å². The van der Waals surface area contributed by atoms with Gasteiger partial charge in [0.05, 0.1) is 25.7 Å². The fourth-order valence-electron chi connectivity index (χ4n) is 3.49. The van der Waals surface area contributed by atoms with Gasteiger partial charge < -0.3 is 14.4 Å². The zero-order valence-electron chi connectivity index (χ0n) is 19.7. The molecule has 0 bridgehead atoms. The summed E-state index contributed by atoms with van der Waals surface area (Å²) in [5, 5.41) is 9.97. The summed E-state index contributed by atoms with van der Waals surface area (Å²) in [6, 6.07) is 2.48. The highest BCUT2D eigenvalue weighted by molar-refractivity contribution is 5.74. The first-order valence-electron chi connectivity index (χ1n) is 10.7. The molecule has 0 fully saturated rings. The van der Waals surface area contributed by atoms with Crippen molar-refractivity contribution < 1.29 is 23.9 Å². The molecule has 0 aromatic heterocycles. The van der Waals surface area contributed by atoms with E-state index in [1.807, 2.05) is 14.0 Å². The van der Waals surface area contributed by atoms with Crippen LogP contribution in [0, 0.1) is 22.7 Å². The molecule has 0 heterocycles. The molecule has 0 radical (unpaired) electrons. The lowest BCUT2D eigenvalue weighted by atomic mass is 9.69. The summed E-state index contributed by atoms with van der Waals surface area (Å²) < 4.78 is 10.1. The summed E-state index contributed by atoms with van der Waals surface area (Å²) in [5.41, 5.74) is -0.0253. The van der Waals surface area contributed by atoms with Gasteiger partial charge in [-0.2, -0.15) is 5.26 Å². The van der Waals surface area contributed by atoms with Crippen LogP contribution in [0.1, 0.15) is 39.0 Å². The number of allylic oxidation sites excluding steroid dienone is 5. The zero-order valence-corrected chi connectivity index (χ0v) is 19.7. The minimum atomic E-state index is -0.625. The number of nitrogens with zero attached hydrogens (tertiary/aromatic N) is 2. The number of hydrogen-bond donors (Lipinski definition) is 0. The lowest BCUT2D eigenvalue weighted by Crippen LogP contribution is -2.29. The molecule has 0 aromatic rings. The number of carbonyl (C=O) groups is 3. The molecule has 0 amide bonds. The van der Waals surface area contributed by atoms with Crippen LogP contribution in [-0.2, 0) is 23.9 Å². The molecule has 0 aliphatic rings. The van der Waals surface area contributed by atoms with Crippen LogP contribution in [0.15, 0.2) is 48.0 Å². The van der Waals surface area contributed by atoms with E-state index in [-0.39, 0.29) is 5.92 Å². The number of ether oxygens (including phenoxy) is 2. The Morgan fingerprint density at radius 2 is 1.88 bits per heavy atom. The first-order valence-corrected chi connectivity index (χ1v) is 10.7. The van der Waals surface area contributed by atoms with E-state index in [1.165, 1.54) is 32.6 Å². The number of nitriles is 1. The molecule has 0 aliphatic carbocycles. The summed E-state index contributed by atoms with van der Waals surface area (Å²) in [6.07, 6.45) is 14.8. The van der Waals surface area contributed by atoms with Gasteiger partial charge in [0.15, 0.2) is 5.76 Å². The molecule has 2 atom stereocenters. The number of aldehydes is 3. The Morgan fingerprint density at radius 3 is 2.41 bits per heavy atom. The van der Waals surface area contributed by atoms with Gasteiger partial charge in [-0.15, -0.1) is 0 Å². The van der Waals surface area contributed by atoms with E-state index < -0.39 is 5.41 Å². The number of carbonyl (C=O) groups excluding carboxylic acids is 3. The van der Waals surface area contributed by atoms with E-state index in [2.05, 4.69) is 11.0 Å². The molecular weight excluding hydrogens is 408 g/mol. The number of methoxy groups -OCH3 is 2. The van der Waals surface area contributed by atoms with Crippen LogP contribution in [0.3, 0.4) is 0 Å². The highest BCUT2D eigenvalue weighted by Crippen LogP contribution is 2.39. The van der Waals surface area contributed by atoms with Crippen molar-refractivity contribution in [1.29, 1.82) is 5.26 Å². The van der Waals surface area contributed by atoms with E-state index in [4.69, 9.17) is 9.47 Å². The minimum absolute atomic E-state index is 0.158. The van der Waals surface area contributed by atoms with E-state index in [0.717, 1.165) is 19.3 Å². The van der Waals surface area contributed by atoms with Gasteiger partial charge >= 0.3 is 0 Å². The molecular formula is C25H36N2O5. The SMILES string of the molecule is CCC(C#N)(CCCN(C)CC/C(C=O)=C/C(=C/OC)OC)C(/C=C/C=O)C/C=C/C=O. The average Bonchev–Trinajstić information content (AvgIpc) is 2.81. The molecule has 0 saturated carbocycles. The first kappa shape index (κ1) is 29.0. The second-order valence-corrected chi connectivity index (χ2v) is 7.50. The van der Waals surface area contributed by atoms with Gasteiger partial charge in [0, 0.05) is 6.54 Å². The molecule has 7 heteroatoms. The maximum Gasteiger partial charge on any atom is 0.153 e. The molecule has 2 unspecified atom stereocenters. The van der Waals surface area contributed by atoms with E-state index in [9.17, 15) is 19.6 Å². The lowest BCUT2D eigenvalue weighted by Gasteiger charge is -2.32. The maximum absolute atomic E-state index is 11.4. The van der Waals surface area contributed by atoms with Crippen LogP contribution in [-0.4, -0.2) is 58.1 Å². The topological polar surface area (TPSA) is 96.7 Å². The summed E-state index contributed by atoms with van der Waals surface area (Å²) >= 11 is 0. The smallest absolute Gasteiger partial charge is 0.153 e. The van der Waals surface area contributed by atoms with Crippen LogP contribution >= 0.6 is 0 Å². The molecule has 32 heavy (non-hydrogen) atoms. The molecule has 0 saturated heterocycles. The lowest BCUT2D eigenvalue weighted by molar-refractivity contribution is -0.105. The molecule has 0 aliphatic heterocycles. The van der Waals surface area contributed by atoms with Gasteiger partial charge in [0.2, 0.25) is 0 Å². The van der Waals surface area contributed by atoms with Gasteiger partial charge in [-0.05, 0) is 75.4 Å². The second-order valence-electron chi connectivity index (χ2n) is 7.50. The van der Waals surface area contributed by atoms with Gasteiger partial charge in [0.1, 0.15) is 25.1 Å². The van der Waals surface area contributed by atoms with Crippen LogP contribution in [0.2, 0.25) is 0 Å². The van der Waals surface area contributed by atoms with Crippen molar-refractivity contribution in [3.63, 3.8) is 0 Å². The Kier molecular flexibility index (Phi) is 16.0.